The topological polar surface area (TPSA) is 74.6 Å². The Kier molecular flexibility index (Phi) is 6.22. The first-order chi connectivity index (χ1) is 17.1. The van der Waals surface area contributed by atoms with Crippen molar-refractivity contribution in [3.05, 3.63) is 90.8 Å². The van der Waals surface area contributed by atoms with Gasteiger partial charge in [0.1, 0.15) is 24.7 Å². The summed E-state index contributed by atoms with van der Waals surface area (Å²) in [7, 11) is 3.13. The Hall–Kier alpha value is -4.52. The number of hydrogen-bond acceptors (Lipinski definition) is 5. The third-order valence-electron chi connectivity index (χ3n) is 5.79. The second kappa shape index (κ2) is 9.77. The van der Waals surface area contributed by atoms with Crippen LogP contribution in [-0.2, 0) is 17.9 Å². The maximum absolute atomic E-state index is 13.0. The van der Waals surface area contributed by atoms with Crippen molar-refractivity contribution in [2.75, 3.05) is 19.5 Å². The Morgan fingerprint density at radius 3 is 2.46 bits per heavy atom. The van der Waals surface area contributed by atoms with E-state index in [-0.39, 0.29) is 19.1 Å². The fourth-order valence-corrected chi connectivity index (χ4v) is 4.08. The van der Waals surface area contributed by atoms with Gasteiger partial charge in [0.2, 0.25) is 5.91 Å². The average Bonchev–Trinajstić information content (AvgIpc) is 3.24. The lowest BCUT2D eigenvalue weighted by Crippen LogP contribution is -2.20. The SMILES string of the molecule is COc1ccc(NC(=O)Cn2c(COc3ccc4ccccc4c3)nc3ccccc32)cc1OC. The van der Waals surface area contributed by atoms with Crippen LogP contribution in [0.4, 0.5) is 5.69 Å². The monoisotopic (exact) mass is 467 g/mol. The number of nitrogens with zero attached hydrogens (tertiary/aromatic N) is 2. The van der Waals surface area contributed by atoms with Gasteiger partial charge in [-0.15, -0.1) is 0 Å². The standard InChI is InChI=1S/C28H25N3O4/c1-33-25-14-12-21(16-26(25)34-2)29-28(32)17-31-24-10-6-5-9-23(24)30-27(31)18-35-22-13-11-19-7-3-4-8-20(19)15-22/h3-16H,17-18H2,1-2H3,(H,29,32). The van der Waals surface area contributed by atoms with Crippen molar-refractivity contribution < 1.29 is 19.0 Å². The third kappa shape index (κ3) is 4.75. The highest BCUT2D eigenvalue weighted by Crippen LogP contribution is 2.30. The lowest BCUT2D eigenvalue weighted by molar-refractivity contribution is -0.116. The van der Waals surface area contributed by atoms with Crippen molar-refractivity contribution in [2.24, 2.45) is 0 Å². The van der Waals surface area contributed by atoms with E-state index < -0.39 is 0 Å². The molecule has 0 radical (unpaired) electrons. The van der Waals surface area contributed by atoms with Crippen molar-refractivity contribution in [2.45, 2.75) is 13.2 Å². The van der Waals surface area contributed by atoms with Crippen LogP contribution in [0.3, 0.4) is 0 Å². The van der Waals surface area contributed by atoms with Gasteiger partial charge in [0, 0.05) is 11.8 Å². The largest absolute Gasteiger partial charge is 0.493 e. The number of carbonyl (C=O) groups is 1. The van der Waals surface area contributed by atoms with E-state index >= 15 is 0 Å². The van der Waals surface area contributed by atoms with Gasteiger partial charge in [0.05, 0.1) is 25.3 Å². The van der Waals surface area contributed by atoms with Crippen LogP contribution in [0.2, 0.25) is 0 Å². The van der Waals surface area contributed by atoms with Gasteiger partial charge in [-0.05, 0) is 47.2 Å². The van der Waals surface area contributed by atoms with Crippen molar-refractivity contribution in [3.63, 3.8) is 0 Å². The maximum atomic E-state index is 13.0. The van der Waals surface area contributed by atoms with Gasteiger partial charge in [-0.3, -0.25) is 4.79 Å². The molecule has 1 N–H and O–H groups in total. The predicted molar refractivity (Wildman–Crippen MR) is 136 cm³/mol. The average molecular weight is 468 g/mol. The molecule has 0 aliphatic carbocycles. The molecule has 7 heteroatoms. The summed E-state index contributed by atoms with van der Waals surface area (Å²) in [5.41, 5.74) is 2.29. The molecule has 1 heterocycles. The Morgan fingerprint density at radius 2 is 1.63 bits per heavy atom. The minimum absolute atomic E-state index is 0.0886. The van der Waals surface area contributed by atoms with Gasteiger partial charge in [0.15, 0.2) is 11.5 Å². The van der Waals surface area contributed by atoms with E-state index in [0.717, 1.165) is 27.6 Å². The van der Waals surface area contributed by atoms with Crippen LogP contribution in [0.1, 0.15) is 5.82 Å². The van der Waals surface area contributed by atoms with Crippen LogP contribution in [0, 0.1) is 0 Å². The number of imidazole rings is 1. The third-order valence-corrected chi connectivity index (χ3v) is 5.79. The number of fused-ring (bicyclic) bond motifs is 2. The normalized spacial score (nSPS) is 10.9. The number of anilines is 1. The zero-order valence-electron chi connectivity index (χ0n) is 19.5. The first kappa shape index (κ1) is 22.3. The van der Waals surface area contributed by atoms with Crippen LogP contribution >= 0.6 is 0 Å². The molecule has 7 nitrogen and oxygen atoms in total. The predicted octanol–water partition coefficient (Wildman–Crippen LogP) is 5.42. The Bertz CT molecular complexity index is 1510. The molecule has 35 heavy (non-hydrogen) atoms. The van der Waals surface area contributed by atoms with Crippen molar-refractivity contribution in [1.82, 2.24) is 9.55 Å². The van der Waals surface area contributed by atoms with Crippen LogP contribution in [0.5, 0.6) is 17.2 Å². The van der Waals surface area contributed by atoms with Crippen molar-refractivity contribution in [1.29, 1.82) is 0 Å². The minimum atomic E-state index is -0.188. The summed E-state index contributed by atoms with van der Waals surface area (Å²) >= 11 is 0. The van der Waals surface area contributed by atoms with Crippen molar-refractivity contribution in [3.8, 4) is 17.2 Å². The fraction of sp³-hybridized carbons (Fsp3) is 0.143. The maximum Gasteiger partial charge on any atom is 0.244 e. The van der Waals surface area contributed by atoms with Crippen LogP contribution in [0.25, 0.3) is 21.8 Å². The van der Waals surface area contributed by atoms with Crippen LogP contribution in [0.15, 0.2) is 84.9 Å². The highest BCUT2D eigenvalue weighted by atomic mass is 16.5. The second-order valence-corrected chi connectivity index (χ2v) is 8.02. The molecule has 4 aromatic carbocycles. The van der Waals surface area contributed by atoms with Gasteiger partial charge in [-0.2, -0.15) is 0 Å². The van der Waals surface area contributed by atoms with Crippen molar-refractivity contribution >= 4 is 33.4 Å². The molecular formula is C28H25N3O4. The molecular weight excluding hydrogens is 442 g/mol. The molecule has 0 fully saturated rings. The van der Waals surface area contributed by atoms with E-state index in [1.165, 1.54) is 0 Å². The number of nitrogens with one attached hydrogen (secondary N) is 1. The lowest BCUT2D eigenvalue weighted by Gasteiger charge is -2.13. The Balaban J connectivity index is 1.36. The molecule has 0 atom stereocenters. The first-order valence-corrected chi connectivity index (χ1v) is 11.2. The number of ether oxygens (including phenoxy) is 3. The van der Waals surface area contributed by atoms with E-state index in [4.69, 9.17) is 19.2 Å². The molecule has 0 saturated carbocycles. The number of aromatic nitrogens is 2. The summed E-state index contributed by atoms with van der Waals surface area (Å²) < 4.78 is 18.6. The molecule has 0 aliphatic rings. The lowest BCUT2D eigenvalue weighted by atomic mass is 10.1. The highest BCUT2D eigenvalue weighted by molar-refractivity contribution is 5.92. The molecule has 1 amide bonds. The van der Waals surface area contributed by atoms with Gasteiger partial charge < -0.3 is 24.1 Å². The number of amides is 1. The zero-order chi connectivity index (χ0) is 24.2. The molecule has 0 spiro atoms. The van der Waals surface area contributed by atoms with E-state index in [1.54, 1.807) is 32.4 Å². The molecule has 1 aromatic heterocycles. The van der Waals surface area contributed by atoms with Gasteiger partial charge in [-0.25, -0.2) is 4.98 Å². The minimum Gasteiger partial charge on any atom is -0.493 e. The molecule has 176 valence electrons. The van der Waals surface area contributed by atoms with Crippen LogP contribution in [-0.4, -0.2) is 29.7 Å². The highest BCUT2D eigenvalue weighted by Gasteiger charge is 2.15. The van der Waals surface area contributed by atoms with E-state index in [0.29, 0.717) is 23.0 Å². The number of hydrogen-bond donors (Lipinski definition) is 1. The molecule has 0 bridgehead atoms. The number of methoxy groups -OCH3 is 2. The van der Waals surface area contributed by atoms with E-state index in [2.05, 4.69) is 17.4 Å². The Morgan fingerprint density at radius 1 is 0.857 bits per heavy atom. The number of para-hydroxylation sites is 2. The molecule has 5 aromatic rings. The van der Waals surface area contributed by atoms with Gasteiger partial charge in [-0.1, -0.05) is 42.5 Å². The van der Waals surface area contributed by atoms with E-state index in [9.17, 15) is 4.79 Å². The summed E-state index contributed by atoms with van der Waals surface area (Å²) in [4.78, 5) is 17.7. The summed E-state index contributed by atoms with van der Waals surface area (Å²) in [5, 5.41) is 5.18. The fourth-order valence-electron chi connectivity index (χ4n) is 4.08. The first-order valence-electron chi connectivity index (χ1n) is 11.2. The quantitative estimate of drug-likeness (QED) is 0.330. The van der Waals surface area contributed by atoms with Gasteiger partial charge >= 0.3 is 0 Å². The molecule has 0 aliphatic heterocycles. The summed E-state index contributed by atoms with van der Waals surface area (Å²) in [6.07, 6.45) is 0. The summed E-state index contributed by atoms with van der Waals surface area (Å²) in [6, 6.07) is 27.1. The molecule has 0 unspecified atom stereocenters. The summed E-state index contributed by atoms with van der Waals surface area (Å²) in [6.45, 7) is 0.321. The van der Waals surface area contributed by atoms with Crippen LogP contribution < -0.4 is 19.5 Å². The number of rotatable bonds is 8. The zero-order valence-corrected chi connectivity index (χ0v) is 19.5. The number of benzene rings is 4. The summed E-state index contributed by atoms with van der Waals surface area (Å²) in [5.74, 6) is 2.37. The second-order valence-electron chi connectivity index (χ2n) is 8.02. The molecule has 5 rings (SSSR count). The van der Waals surface area contributed by atoms with Gasteiger partial charge in [0.25, 0.3) is 0 Å². The smallest absolute Gasteiger partial charge is 0.244 e. The van der Waals surface area contributed by atoms with E-state index in [1.807, 2.05) is 59.2 Å². The Labute approximate surface area is 202 Å². The molecule has 0 saturated heterocycles. The number of carbonyl (C=O) groups excluding carboxylic acids is 1.